The van der Waals surface area contributed by atoms with Crippen LogP contribution in [0.1, 0.15) is 27.2 Å². The smallest absolute Gasteiger partial charge is 0.352 e. The predicted octanol–water partition coefficient (Wildman–Crippen LogP) is 4.96. The van der Waals surface area contributed by atoms with E-state index in [1.165, 1.54) is 19.2 Å². The quantitative estimate of drug-likeness (QED) is 0.410. The highest BCUT2D eigenvalue weighted by Crippen LogP contribution is 2.31. The zero-order chi connectivity index (χ0) is 22.7. The first-order valence-electron chi connectivity index (χ1n) is 10.1. The van der Waals surface area contributed by atoms with E-state index in [1.807, 2.05) is 0 Å². The van der Waals surface area contributed by atoms with Crippen LogP contribution in [0.3, 0.4) is 0 Å². The summed E-state index contributed by atoms with van der Waals surface area (Å²) >= 11 is 0. The monoisotopic (exact) mass is 436 g/mol. The van der Waals surface area contributed by atoms with Gasteiger partial charge in [-0.2, -0.15) is 0 Å². The molecule has 0 amide bonds. The second kappa shape index (κ2) is 9.20. The largest absolute Gasteiger partial charge is 0.497 e. The minimum atomic E-state index is -1.13. The van der Waals surface area contributed by atoms with Gasteiger partial charge in [-0.05, 0) is 24.3 Å². The van der Waals surface area contributed by atoms with Crippen LogP contribution in [0.25, 0.3) is 10.9 Å². The molecule has 0 aliphatic rings. The third kappa shape index (κ3) is 4.20. The minimum absolute atomic E-state index is 0.0469. The molecule has 0 spiro atoms. The van der Waals surface area contributed by atoms with Crippen molar-refractivity contribution in [1.82, 2.24) is 9.88 Å². The number of benzene rings is 3. The second-order valence-corrected chi connectivity index (χ2v) is 7.39. The fourth-order valence-corrected chi connectivity index (χ4v) is 3.88. The molecule has 0 aliphatic heterocycles. The molecule has 4 aromatic rings. The molecule has 0 unspecified atom stereocenters. The van der Waals surface area contributed by atoms with Crippen molar-refractivity contribution in [3.05, 3.63) is 101 Å². The van der Waals surface area contributed by atoms with Gasteiger partial charge in [-0.15, -0.1) is 0 Å². The zero-order valence-corrected chi connectivity index (χ0v) is 17.4. The summed E-state index contributed by atoms with van der Waals surface area (Å²) in [5.41, 5.74) is 2.08. The zero-order valence-electron chi connectivity index (χ0n) is 17.4. The first-order chi connectivity index (χ1) is 15.5. The molecule has 4 rings (SSSR count). The van der Waals surface area contributed by atoms with Gasteiger partial charge in [0.2, 0.25) is 0 Å². The van der Waals surface area contributed by atoms with Gasteiger partial charge in [0.25, 0.3) is 0 Å². The van der Waals surface area contributed by atoms with Gasteiger partial charge in [0, 0.05) is 41.2 Å². The number of carbonyl (C=O) groups is 1. The van der Waals surface area contributed by atoms with Crippen molar-refractivity contribution < 1.29 is 23.4 Å². The molecule has 3 aromatic carbocycles. The van der Waals surface area contributed by atoms with Crippen molar-refractivity contribution in [3.63, 3.8) is 0 Å². The lowest BCUT2D eigenvalue weighted by Crippen LogP contribution is -2.18. The van der Waals surface area contributed by atoms with E-state index < -0.39 is 11.8 Å². The summed E-state index contributed by atoms with van der Waals surface area (Å²) in [5.74, 6) is -1.30. The molecule has 0 fully saturated rings. The van der Waals surface area contributed by atoms with Crippen LogP contribution in [-0.2, 0) is 19.6 Å². The minimum Gasteiger partial charge on any atom is -0.497 e. The summed E-state index contributed by atoms with van der Waals surface area (Å²) < 4.78 is 35.2. The highest BCUT2D eigenvalue weighted by molar-refractivity contribution is 5.98. The normalized spacial score (nSPS) is 11.1. The maximum absolute atomic E-state index is 14.4. The van der Waals surface area contributed by atoms with Gasteiger partial charge in [-0.1, -0.05) is 36.4 Å². The lowest BCUT2D eigenvalue weighted by Gasteiger charge is -2.11. The molecule has 1 aromatic heterocycles. The topological polar surface area (TPSA) is 63.5 Å². The van der Waals surface area contributed by atoms with E-state index >= 15 is 0 Å². The maximum atomic E-state index is 14.4. The average Bonchev–Trinajstić information content (AvgIpc) is 3.09. The van der Waals surface area contributed by atoms with Gasteiger partial charge in [-0.25, -0.2) is 13.6 Å². The van der Waals surface area contributed by atoms with Crippen molar-refractivity contribution >= 4 is 16.9 Å². The number of nitrogens with one attached hydrogen (secondary N) is 1. The van der Waals surface area contributed by atoms with E-state index in [9.17, 15) is 18.7 Å². The summed E-state index contributed by atoms with van der Waals surface area (Å²) in [6.45, 7) is 0.482. The molecule has 5 nitrogen and oxygen atoms in total. The van der Waals surface area contributed by atoms with Crippen LogP contribution in [0.5, 0.6) is 5.75 Å². The van der Waals surface area contributed by atoms with Gasteiger partial charge in [0.05, 0.1) is 19.2 Å². The van der Waals surface area contributed by atoms with E-state index in [4.69, 9.17) is 4.74 Å². The van der Waals surface area contributed by atoms with Crippen molar-refractivity contribution in [2.45, 2.75) is 19.6 Å². The molecule has 164 valence electrons. The van der Waals surface area contributed by atoms with E-state index in [0.29, 0.717) is 33.3 Å². The summed E-state index contributed by atoms with van der Waals surface area (Å²) in [6.07, 6.45) is 0. The Hall–Kier alpha value is -3.71. The molecule has 7 heteroatoms. The van der Waals surface area contributed by atoms with Crippen LogP contribution in [0.4, 0.5) is 8.78 Å². The summed E-state index contributed by atoms with van der Waals surface area (Å²) in [6, 6.07) is 18.0. The number of nitrogens with zero attached hydrogens (tertiary/aromatic N) is 1. The first-order valence-corrected chi connectivity index (χ1v) is 10.1. The lowest BCUT2D eigenvalue weighted by molar-refractivity contribution is 0.0684. The van der Waals surface area contributed by atoms with Crippen LogP contribution in [-0.4, -0.2) is 22.8 Å². The average molecular weight is 436 g/mol. The van der Waals surface area contributed by atoms with Crippen molar-refractivity contribution in [2.24, 2.45) is 0 Å². The Kier molecular flexibility index (Phi) is 6.18. The highest BCUT2D eigenvalue weighted by Gasteiger charge is 2.23. The van der Waals surface area contributed by atoms with Gasteiger partial charge in [0.15, 0.2) is 0 Å². The molecule has 32 heavy (non-hydrogen) atoms. The van der Waals surface area contributed by atoms with Crippen LogP contribution < -0.4 is 10.1 Å². The van der Waals surface area contributed by atoms with E-state index in [2.05, 4.69) is 5.32 Å². The molecule has 0 radical (unpaired) electrons. The number of methoxy groups -OCH3 is 1. The Morgan fingerprint density at radius 2 is 1.62 bits per heavy atom. The Morgan fingerprint density at radius 1 is 0.969 bits per heavy atom. The molecule has 0 saturated heterocycles. The number of halogens is 2. The van der Waals surface area contributed by atoms with Crippen LogP contribution in [0.2, 0.25) is 0 Å². The molecule has 0 bridgehead atoms. The fourth-order valence-electron chi connectivity index (χ4n) is 3.88. The van der Waals surface area contributed by atoms with Crippen molar-refractivity contribution in [2.75, 3.05) is 7.11 Å². The third-order valence-electron chi connectivity index (χ3n) is 5.44. The summed E-state index contributed by atoms with van der Waals surface area (Å²) in [4.78, 5) is 12.3. The van der Waals surface area contributed by atoms with Gasteiger partial charge in [0.1, 0.15) is 23.1 Å². The first kappa shape index (κ1) is 21.5. The number of ether oxygens (including phenoxy) is 1. The molecule has 1 heterocycles. The Bertz CT molecular complexity index is 1280. The standard InChI is InChI=1S/C25H22F2N2O3/c1-32-18-10-11-19-20(14-28-13-16-6-2-4-8-21(16)26)24(25(30)31)29(23(19)12-18)15-17-7-3-5-9-22(17)27/h2-12,28H,13-15H2,1H3,(H,30,31). The summed E-state index contributed by atoms with van der Waals surface area (Å²) in [5, 5.41) is 13.9. The number of rotatable bonds is 8. The second-order valence-electron chi connectivity index (χ2n) is 7.39. The molecule has 0 saturated carbocycles. The van der Waals surface area contributed by atoms with E-state index in [1.54, 1.807) is 59.2 Å². The molecular weight excluding hydrogens is 414 g/mol. The summed E-state index contributed by atoms with van der Waals surface area (Å²) in [7, 11) is 1.53. The van der Waals surface area contributed by atoms with Gasteiger partial charge < -0.3 is 19.7 Å². The Labute approximate surface area is 183 Å². The lowest BCUT2D eigenvalue weighted by atomic mass is 10.1. The van der Waals surface area contributed by atoms with E-state index in [-0.39, 0.29) is 31.1 Å². The van der Waals surface area contributed by atoms with E-state index in [0.717, 1.165) is 0 Å². The molecule has 2 N–H and O–H groups in total. The van der Waals surface area contributed by atoms with Crippen LogP contribution >= 0.6 is 0 Å². The van der Waals surface area contributed by atoms with Gasteiger partial charge >= 0.3 is 5.97 Å². The molecule has 0 atom stereocenters. The number of carboxylic acid groups (broad SMARTS) is 1. The number of hydrogen-bond acceptors (Lipinski definition) is 3. The van der Waals surface area contributed by atoms with Gasteiger partial charge in [-0.3, -0.25) is 0 Å². The number of fused-ring (bicyclic) bond motifs is 1. The number of aromatic nitrogens is 1. The highest BCUT2D eigenvalue weighted by atomic mass is 19.1. The number of carboxylic acids is 1. The van der Waals surface area contributed by atoms with Crippen molar-refractivity contribution in [1.29, 1.82) is 0 Å². The SMILES string of the molecule is COc1ccc2c(CNCc3ccccc3F)c(C(=O)O)n(Cc3ccccc3F)c2c1. The molecular formula is C25H22F2N2O3. The Morgan fingerprint density at radius 3 is 2.25 bits per heavy atom. The molecule has 0 aliphatic carbocycles. The third-order valence-corrected chi connectivity index (χ3v) is 5.44. The van der Waals surface area contributed by atoms with Crippen LogP contribution in [0, 0.1) is 11.6 Å². The fraction of sp³-hybridized carbons (Fsp3) is 0.160. The van der Waals surface area contributed by atoms with Crippen molar-refractivity contribution in [3.8, 4) is 5.75 Å². The Balaban J connectivity index is 1.77. The number of aromatic carboxylic acids is 1. The maximum Gasteiger partial charge on any atom is 0.352 e. The van der Waals surface area contributed by atoms with Crippen LogP contribution in [0.15, 0.2) is 66.7 Å². The predicted molar refractivity (Wildman–Crippen MR) is 118 cm³/mol. The number of hydrogen-bond donors (Lipinski definition) is 2.